The summed E-state index contributed by atoms with van der Waals surface area (Å²) in [5.74, 6) is -0.144. The second-order valence-corrected chi connectivity index (χ2v) is 5.03. The van der Waals surface area contributed by atoms with Gasteiger partial charge in [-0.1, -0.05) is 0 Å². The Morgan fingerprint density at radius 2 is 1.88 bits per heavy atom. The molecule has 0 radical (unpaired) electrons. The Balaban J connectivity index is 2.28. The van der Waals surface area contributed by atoms with Gasteiger partial charge in [-0.25, -0.2) is 4.68 Å². The average Bonchev–Trinajstić information content (AvgIpc) is 2.61. The fourth-order valence-corrected chi connectivity index (χ4v) is 2.09. The van der Waals surface area contributed by atoms with Crippen LogP contribution in [0.25, 0.3) is 11.3 Å². The third kappa shape index (κ3) is 4.56. The van der Waals surface area contributed by atoms with Crippen LogP contribution >= 0.6 is 0 Å². The maximum Gasteiger partial charge on any atom is 0.267 e. The molecule has 0 aliphatic carbocycles. The molecule has 9 heteroatoms. The highest BCUT2D eigenvalue weighted by molar-refractivity contribution is 5.83. The van der Waals surface area contributed by atoms with Gasteiger partial charge in [-0.05, 0) is 24.3 Å². The monoisotopic (exact) mass is 346 g/mol. The Bertz CT molecular complexity index is 847. The van der Waals surface area contributed by atoms with Crippen LogP contribution in [-0.2, 0) is 16.1 Å². The first-order valence-electron chi connectivity index (χ1n) is 7.30. The van der Waals surface area contributed by atoms with Crippen molar-refractivity contribution in [1.82, 2.24) is 15.1 Å². The molecule has 3 N–H and O–H groups in total. The molecule has 0 spiro atoms. The molecule has 0 fully saturated rings. The predicted molar refractivity (Wildman–Crippen MR) is 89.2 cm³/mol. The van der Waals surface area contributed by atoms with Crippen molar-refractivity contribution in [3.63, 3.8) is 0 Å². The smallest absolute Gasteiger partial charge is 0.267 e. The SMILES string of the molecule is COc1ccc(-c2ccc(=O)n(CC(=O)NCC(N)=O)n2)cc1OC. The zero-order valence-electron chi connectivity index (χ0n) is 13.8. The topological polar surface area (TPSA) is 126 Å². The molecule has 2 aromatic rings. The van der Waals surface area contributed by atoms with Gasteiger partial charge in [0, 0.05) is 11.6 Å². The van der Waals surface area contributed by atoms with Gasteiger partial charge < -0.3 is 20.5 Å². The normalized spacial score (nSPS) is 10.2. The molecule has 2 rings (SSSR count). The van der Waals surface area contributed by atoms with Crippen molar-refractivity contribution in [2.45, 2.75) is 6.54 Å². The third-order valence-corrected chi connectivity index (χ3v) is 3.30. The van der Waals surface area contributed by atoms with Crippen molar-refractivity contribution in [2.24, 2.45) is 5.73 Å². The highest BCUT2D eigenvalue weighted by atomic mass is 16.5. The lowest BCUT2D eigenvalue weighted by atomic mass is 10.1. The average molecular weight is 346 g/mol. The molecule has 1 aromatic heterocycles. The lowest BCUT2D eigenvalue weighted by Crippen LogP contribution is -2.38. The quantitative estimate of drug-likeness (QED) is 0.698. The van der Waals surface area contributed by atoms with E-state index in [-0.39, 0.29) is 13.1 Å². The summed E-state index contributed by atoms with van der Waals surface area (Å²) in [7, 11) is 3.04. The van der Waals surface area contributed by atoms with Crippen molar-refractivity contribution < 1.29 is 19.1 Å². The summed E-state index contributed by atoms with van der Waals surface area (Å²) in [6.45, 7) is -0.629. The zero-order chi connectivity index (χ0) is 18.4. The first kappa shape index (κ1) is 18.0. The third-order valence-electron chi connectivity index (χ3n) is 3.30. The molecule has 0 saturated heterocycles. The van der Waals surface area contributed by atoms with Crippen LogP contribution < -0.4 is 26.1 Å². The molecule has 25 heavy (non-hydrogen) atoms. The first-order chi connectivity index (χ1) is 11.9. The molecule has 132 valence electrons. The molecule has 0 bridgehead atoms. The van der Waals surface area contributed by atoms with Gasteiger partial charge in [-0.2, -0.15) is 5.10 Å². The van der Waals surface area contributed by atoms with Crippen molar-refractivity contribution in [2.75, 3.05) is 20.8 Å². The Morgan fingerprint density at radius 1 is 1.16 bits per heavy atom. The molecular weight excluding hydrogens is 328 g/mol. The molecule has 0 atom stereocenters. The van der Waals surface area contributed by atoms with Crippen LogP contribution in [0.1, 0.15) is 0 Å². The minimum absolute atomic E-state index is 0.303. The van der Waals surface area contributed by atoms with E-state index in [2.05, 4.69) is 10.4 Å². The van der Waals surface area contributed by atoms with Crippen LogP contribution in [-0.4, -0.2) is 42.4 Å². The molecule has 2 amide bonds. The summed E-state index contributed by atoms with van der Waals surface area (Å²) in [6.07, 6.45) is 0. The Kier molecular flexibility index (Phi) is 5.72. The summed E-state index contributed by atoms with van der Waals surface area (Å²) in [4.78, 5) is 34.3. The number of methoxy groups -OCH3 is 2. The molecule has 0 aliphatic heterocycles. The molecule has 0 aliphatic rings. The lowest BCUT2D eigenvalue weighted by Gasteiger charge is -2.10. The van der Waals surface area contributed by atoms with E-state index < -0.39 is 17.4 Å². The van der Waals surface area contributed by atoms with Gasteiger partial charge in [0.15, 0.2) is 11.5 Å². The van der Waals surface area contributed by atoms with E-state index in [1.807, 2.05) is 0 Å². The largest absolute Gasteiger partial charge is 0.493 e. The van der Waals surface area contributed by atoms with Gasteiger partial charge in [0.25, 0.3) is 5.56 Å². The molecule has 1 heterocycles. The van der Waals surface area contributed by atoms with E-state index in [1.165, 1.54) is 20.3 Å². The van der Waals surface area contributed by atoms with Gasteiger partial charge in [0.1, 0.15) is 6.54 Å². The summed E-state index contributed by atoms with van der Waals surface area (Å²) in [5.41, 5.74) is 5.67. The number of nitrogens with one attached hydrogen (secondary N) is 1. The fourth-order valence-electron chi connectivity index (χ4n) is 2.09. The Morgan fingerprint density at radius 3 is 2.52 bits per heavy atom. The van der Waals surface area contributed by atoms with E-state index in [1.54, 1.807) is 24.3 Å². The fraction of sp³-hybridized carbons (Fsp3) is 0.250. The van der Waals surface area contributed by atoms with Crippen molar-refractivity contribution in [3.05, 3.63) is 40.7 Å². The van der Waals surface area contributed by atoms with Crippen LogP contribution in [0.15, 0.2) is 35.1 Å². The Hall–Kier alpha value is -3.36. The van der Waals surface area contributed by atoms with Gasteiger partial charge in [0.2, 0.25) is 11.8 Å². The summed E-state index contributed by atoms with van der Waals surface area (Å²) in [5, 5.41) is 6.47. The zero-order valence-corrected chi connectivity index (χ0v) is 13.8. The highest BCUT2D eigenvalue weighted by Crippen LogP contribution is 2.31. The van der Waals surface area contributed by atoms with E-state index in [9.17, 15) is 14.4 Å². The van der Waals surface area contributed by atoms with Gasteiger partial charge in [0.05, 0.1) is 26.5 Å². The summed E-state index contributed by atoms with van der Waals surface area (Å²) >= 11 is 0. The Labute approximate surface area is 143 Å². The van der Waals surface area contributed by atoms with Crippen molar-refractivity contribution in [3.8, 4) is 22.8 Å². The molecule has 0 saturated carbocycles. The van der Waals surface area contributed by atoms with Crippen molar-refractivity contribution >= 4 is 11.8 Å². The minimum atomic E-state index is -0.673. The van der Waals surface area contributed by atoms with Crippen molar-refractivity contribution in [1.29, 1.82) is 0 Å². The molecular formula is C16H18N4O5. The number of hydrogen-bond acceptors (Lipinski definition) is 6. The molecule has 0 unspecified atom stereocenters. The number of aromatic nitrogens is 2. The number of rotatable bonds is 7. The second-order valence-electron chi connectivity index (χ2n) is 5.03. The molecule has 1 aromatic carbocycles. The number of amides is 2. The van der Waals surface area contributed by atoms with Crippen LogP contribution in [0.3, 0.4) is 0 Å². The molecule has 9 nitrogen and oxygen atoms in total. The van der Waals surface area contributed by atoms with E-state index in [0.717, 1.165) is 4.68 Å². The number of nitrogens with two attached hydrogens (primary N) is 1. The number of primary amides is 1. The number of benzene rings is 1. The number of carbonyl (C=O) groups excluding carboxylic acids is 2. The number of nitrogens with zero attached hydrogens (tertiary/aromatic N) is 2. The predicted octanol–water partition coefficient (Wildman–Crippen LogP) is -0.471. The number of hydrogen-bond donors (Lipinski definition) is 2. The summed E-state index contributed by atoms with van der Waals surface area (Å²) in [6, 6.07) is 8.03. The lowest BCUT2D eigenvalue weighted by molar-refractivity contribution is -0.125. The van der Waals surface area contributed by atoms with Crippen LogP contribution in [0, 0.1) is 0 Å². The summed E-state index contributed by atoms with van der Waals surface area (Å²) < 4.78 is 11.4. The second kappa shape index (κ2) is 7.95. The maximum absolute atomic E-state index is 11.9. The maximum atomic E-state index is 11.9. The standard InChI is InChI=1S/C16H18N4O5/c1-24-12-5-3-10(7-13(12)25-2)11-4-6-16(23)20(19-11)9-15(22)18-8-14(17)21/h3-7H,8-9H2,1-2H3,(H2,17,21)(H,18,22). The first-order valence-corrected chi connectivity index (χ1v) is 7.30. The number of carbonyl (C=O) groups is 2. The van der Waals surface area contributed by atoms with Gasteiger partial charge in [-0.3, -0.25) is 14.4 Å². The van der Waals surface area contributed by atoms with E-state index >= 15 is 0 Å². The minimum Gasteiger partial charge on any atom is -0.493 e. The van der Waals surface area contributed by atoms with Gasteiger partial charge >= 0.3 is 0 Å². The van der Waals surface area contributed by atoms with Crippen LogP contribution in [0.4, 0.5) is 0 Å². The van der Waals surface area contributed by atoms with E-state index in [4.69, 9.17) is 15.2 Å². The van der Waals surface area contributed by atoms with Crippen LogP contribution in [0.5, 0.6) is 11.5 Å². The highest BCUT2D eigenvalue weighted by Gasteiger charge is 2.11. The van der Waals surface area contributed by atoms with E-state index in [0.29, 0.717) is 22.8 Å². The van der Waals surface area contributed by atoms with Crippen LogP contribution in [0.2, 0.25) is 0 Å². The van der Waals surface area contributed by atoms with Gasteiger partial charge in [-0.15, -0.1) is 0 Å². The number of ether oxygens (including phenoxy) is 2.